The topological polar surface area (TPSA) is 95.5 Å². The van der Waals surface area contributed by atoms with E-state index in [4.69, 9.17) is 0 Å². The fourth-order valence-electron chi connectivity index (χ4n) is 3.75. The number of hydroxylamine groups is 3. The molecular weight excluding hydrogens is 310 g/mol. The molecule has 2 saturated heterocycles. The minimum absolute atomic E-state index is 0.137. The van der Waals surface area contributed by atoms with Crippen LogP contribution in [0.2, 0.25) is 0 Å². The van der Waals surface area contributed by atoms with Gasteiger partial charge in [-0.3, -0.25) is 20.2 Å². The van der Waals surface area contributed by atoms with Gasteiger partial charge in [0.05, 0.1) is 0 Å². The van der Waals surface area contributed by atoms with E-state index in [-0.39, 0.29) is 6.42 Å². The largest absolute Gasteiger partial charge is 0.328 e. The van der Waals surface area contributed by atoms with Gasteiger partial charge in [-0.05, 0) is 31.2 Å². The first kappa shape index (κ1) is 16.6. The summed E-state index contributed by atoms with van der Waals surface area (Å²) in [5, 5.41) is 15.5. The first-order valence-corrected chi connectivity index (χ1v) is 8.29. The Bertz CT molecular complexity index is 633. The van der Waals surface area contributed by atoms with Crippen molar-refractivity contribution in [1.29, 1.82) is 0 Å². The molecule has 7 heteroatoms. The van der Waals surface area contributed by atoms with E-state index in [0.29, 0.717) is 19.5 Å². The molecule has 128 valence electrons. The van der Waals surface area contributed by atoms with E-state index in [0.717, 1.165) is 24.8 Å². The Balaban J connectivity index is 1.95. The molecule has 4 amide bonds. The standard InChI is InChI=1S/C17H21N3O4/c21-14-17(15(22)19-16(23)18-14,20(24)11-5-2-6-12-20)10-9-13-7-3-1-4-8-13/h1,3-4,7-8,24H,2,5-6,9-12H2,(H-,18,19,21,22,23)/p+1. The lowest BCUT2D eigenvalue weighted by Gasteiger charge is -2.47. The molecule has 3 N–H and O–H groups in total. The number of hydrogen-bond acceptors (Lipinski definition) is 4. The summed E-state index contributed by atoms with van der Waals surface area (Å²) < 4.78 is -0.634. The van der Waals surface area contributed by atoms with E-state index in [9.17, 15) is 19.6 Å². The van der Waals surface area contributed by atoms with E-state index < -0.39 is 28.0 Å². The molecule has 24 heavy (non-hydrogen) atoms. The van der Waals surface area contributed by atoms with Crippen LogP contribution in [0.1, 0.15) is 31.2 Å². The van der Waals surface area contributed by atoms with Crippen LogP contribution in [-0.2, 0) is 16.0 Å². The van der Waals surface area contributed by atoms with Crippen LogP contribution in [0.5, 0.6) is 0 Å². The molecule has 0 unspecified atom stereocenters. The third-order valence-corrected chi connectivity index (χ3v) is 5.09. The molecule has 2 aliphatic heterocycles. The molecule has 0 atom stereocenters. The molecule has 0 spiro atoms. The lowest BCUT2D eigenvalue weighted by Crippen LogP contribution is -2.80. The van der Waals surface area contributed by atoms with Gasteiger partial charge in [0.15, 0.2) is 0 Å². The minimum atomic E-state index is -1.69. The van der Waals surface area contributed by atoms with Gasteiger partial charge in [-0.2, -0.15) is 4.65 Å². The summed E-state index contributed by atoms with van der Waals surface area (Å²) in [6.07, 6.45) is 3.02. The molecule has 2 heterocycles. The summed E-state index contributed by atoms with van der Waals surface area (Å²) >= 11 is 0. The van der Waals surface area contributed by atoms with Crippen molar-refractivity contribution in [3.63, 3.8) is 0 Å². The highest BCUT2D eigenvalue weighted by Gasteiger charge is 2.65. The number of imide groups is 2. The van der Waals surface area contributed by atoms with Gasteiger partial charge in [0, 0.05) is 6.42 Å². The molecule has 0 aromatic heterocycles. The van der Waals surface area contributed by atoms with Gasteiger partial charge >= 0.3 is 17.8 Å². The van der Waals surface area contributed by atoms with Crippen LogP contribution in [0.25, 0.3) is 0 Å². The predicted molar refractivity (Wildman–Crippen MR) is 84.8 cm³/mol. The van der Waals surface area contributed by atoms with Crippen molar-refractivity contribution in [2.45, 2.75) is 37.6 Å². The van der Waals surface area contributed by atoms with Crippen LogP contribution in [0.4, 0.5) is 4.79 Å². The van der Waals surface area contributed by atoms with Gasteiger partial charge in [0.1, 0.15) is 13.1 Å². The number of barbiturate groups is 1. The van der Waals surface area contributed by atoms with E-state index >= 15 is 0 Å². The molecule has 2 aliphatic rings. The Morgan fingerprint density at radius 3 is 2.12 bits per heavy atom. The number of likely N-dealkylation sites (tertiary alicyclic amines) is 1. The highest BCUT2D eigenvalue weighted by atomic mass is 16.6. The summed E-state index contributed by atoms with van der Waals surface area (Å²) in [4.78, 5) is 36.9. The van der Waals surface area contributed by atoms with Crippen molar-refractivity contribution in [2.24, 2.45) is 0 Å². The first-order valence-electron chi connectivity index (χ1n) is 8.29. The van der Waals surface area contributed by atoms with Crippen LogP contribution in [0.3, 0.4) is 0 Å². The van der Waals surface area contributed by atoms with Gasteiger partial charge in [0.25, 0.3) is 5.54 Å². The Kier molecular flexibility index (Phi) is 4.38. The number of piperidine rings is 1. The Morgan fingerprint density at radius 2 is 1.54 bits per heavy atom. The second-order valence-corrected chi connectivity index (χ2v) is 6.51. The zero-order valence-electron chi connectivity index (χ0n) is 13.5. The summed E-state index contributed by atoms with van der Waals surface area (Å²) in [5.41, 5.74) is -0.720. The quantitative estimate of drug-likeness (QED) is 0.569. The molecule has 0 aliphatic carbocycles. The van der Waals surface area contributed by atoms with Crippen molar-refractivity contribution in [2.75, 3.05) is 13.1 Å². The number of benzene rings is 1. The second-order valence-electron chi connectivity index (χ2n) is 6.51. The average Bonchev–Trinajstić information content (AvgIpc) is 2.55. The molecule has 3 rings (SSSR count). The van der Waals surface area contributed by atoms with Gasteiger partial charge in [-0.15, -0.1) is 0 Å². The third-order valence-electron chi connectivity index (χ3n) is 5.09. The van der Waals surface area contributed by atoms with E-state index in [2.05, 4.69) is 10.6 Å². The number of nitrogens with one attached hydrogen (secondary N) is 2. The maximum absolute atomic E-state index is 12.7. The van der Waals surface area contributed by atoms with Crippen LogP contribution in [-0.4, -0.2) is 46.3 Å². The lowest BCUT2D eigenvalue weighted by atomic mass is 9.83. The maximum atomic E-state index is 12.7. The van der Waals surface area contributed by atoms with Crippen LogP contribution in [0.15, 0.2) is 30.3 Å². The summed E-state index contributed by atoms with van der Waals surface area (Å²) in [6.45, 7) is 0.646. The number of hydrogen-bond donors (Lipinski definition) is 3. The van der Waals surface area contributed by atoms with Crippen LogP contribution >= 0.6 is 0 Å². The average molecular weight is 332 g/mol. The number of urea groups is 1. The van der Waals surface area contributed by atoms with Gasteiger partial charge < -0.3 is 0 Å². The van der Waals surface area contributed by atoms with E-state index in [1.807, 2.05) is 30.3 Å². The van der Waals surface area contributed by atoms with Crippen molar-refractivity contribution >= 4 is 17.8 Å². The normalized spacial score (nSPS) is 22.6. The fraction of sp³-hybridized carbons (Fsp3) is 0.471. The number of quaternary nitrogens is 1. The van der Waals surface area contributed by atoms with Crippen LogP contribution < -0.4 is 10.6 Å². The van der Waals surface area contributed by atoms with Crippen molar-refractivity contribution < 1.29 is 24.2 Å². The second kappa shape index (κ2) is 6.33. The number of aryl methyl sites for hydroxylation is 1. The third kappa shape index (κ3) is 2.70. The number of carbonyl (C=O) groups excluding carboxylic acids is 3. The first-order chi connectivity index (χ1) is 11.5. The van der Waals surface area contributed by atoms with Crippen molar-refractivity contribution in [3.8, 4) is 0 Å². The number of carbonyl (C=O) groups is 3. The number of nitrogens with zero attached hydrogens (tertiary/aromatic N) is 1. The summed E-state index contributed by atoms with van der Waals surface area (Å²) in [6, 6.07) is 8.66. The Hall–Kier alpha value is -2.25. The molecule has 2 fully saturated rings. The zero-order chi connectivity index (χ0) is 17.2. The summed E-state index contributed by atoms with van der Waals surface area (Å²) in [5.74, 6) is -1.42. The highest BCUT2D eigenvalue weighted by molar-refractivity contribution is 6.21. The van der Waals surface area contributed by atoms with Crippen LogP contribution in [0, 0.1) is 0 Å². The lowest BCUT2D eigenvalue weighted by molar-refractivity contribution is -1.13. The fourth-order valence-corrected chi connectivity index (χ4v) is 3.75. The molecule has 0 saturated carbocycles. The molecule has 1 aromatic rings. The minimum Gasteiger partial charge on any atom is -0.272 e. The molecule has 7 nitrogen and oxygen atoms in total. The monoisotopic (exact) mass is 332 g/mol. The van der Waals surface area contributed by atoms with Gasteiger partial charge in [-0.1, -0.05) is 30.3 Å². The van der Waals surface area contributed by atoms with Gasteiger partial charge in [-0.25, -0.2) is 10.0 Å². The highest BCUT2D eigenvalue weighted by Crippen LogP contribution is 2.34. The Morgan fingerprint density at radius 1 is 0.958 bits per heavy atom. The van der Waals surface area contributed by atoms with Crippen molar-refractivity contribution in [1.82, 2.24) is 10.6 Å². The number of rotatable bonds is 4. The molecule has 1 aromatic carbocycles. The SMILES string of the molecule is O=C1NC(=O)C(CCc2ccccc2)([N+]2(O)CCCCC2)C(=O)N1. The van der Waals surface area contributed by atoms with E-state index in [1.165, 1.54) is 0 Å². The maximum Gasteiger partial charge on any atom is 0.328 e. The summed E-state index contributed by atoms with van der Waals surface area (Å²) in [7, 11) is 0. The molecule has 0 bridgehead atoms. The van der Waals surface area contributed by atoms with Crippen molar-refractivity contribution in [3.05, 3.63) is 35.9 Å². The number of amides is 4. The zero-order valence-corrected chi connectivity index (χ0v) is 13.5. The molecular formula is C17H22N3O4+. The van der Waals surface area contributed by atoms with E-state index in [1.54, 1.807) is 0 Å². The predicted octanol–water partition coefficient (Wildman–Crippen LogP) is 1.11. The van der Waals surface area contributed by atoms with Gasteiger partial charge in [0.2, 0.25) is 0 Å². The Labute approximate surface area is 140 Å². The molecule has 0 radical (unpaired) electrons. The smallest absolute Gasteiger partial charge is 0.272 e.